The molecule has 2 N–H and O–H groups in total. The number of nitrogens with zero attached hydrogens (tertiary/aromatic N) is 1. The van der Waals surface area contributed by atoms with Crippen molar-refractivity contribution >= 4 is 29.1 Å². The number of aliphatic hydroxyl groups excluding tert-OH is 1. The molecule has 0 atom stereocenters. The van der Waals surface area contributed by atoms with E-state index in [1.165, 1.54) is 12.3 Å². The smallest absolute Gasteiger partial charge is 0.253 e. The molecule has 1 aliphatic heterocycles. The van der Waals surface area contributed by atoms with Crippen molar-refractivity contribution in [2.24, 2.45) is 0 Å². The van der Waals surface area contributed by atoms with Crippen molar-refractivity contribution in [1.82, 2.24) is 10.3 Å². The maximum Gasteiger partial charge on any atom is 0.253 e. The maximum absolute atomic E-state index is 12.1. The molecule has 1 aromatic rings. The molecular weight excluding hydrogens is 291 g/mol. The average Bonchev–Trinajstić information content (AvgIpc) is 2.43. The molecule has 0 aliphatic carbocycles. The summed E-state index contributed by atoms with van der Waals surface area (Å²) in [7, 11) is 0. The first kappa shape index (κ1) is 14.5. The monoisotopic (exact) mass is 304 g/mol. The number of carbonyl (C=O) groups is 1. The lowest BCUT2D eigenvalue weighted by Crippen LogP contribution is -2.54. The summed E-state index contributed by atoms with van der Waals surface area (Å²) < 4.78 is 5.24. The zero-order valence-electron chi connectivity index (χ0n) is 10.2. The second-order valence-corrected chi connectivity index (χ2v) is 5.27. The van der Waals surface area contributed by atoms with Crippen molar-refractivity contribution in [3.05, 3.63) is 28.0 Å². The van der Waals surface area contributed by atoms with Crippen LogP contribution in [0.25, 0.3) is 0 Å². The molecule has 0 radical (unpaired) electrons. The van der Waals surface area contributed by atoms with E-state index < -0.39 is 5.54 Å². The van der Waals surface area contributed by atoms with E-state index in [9.17, 15) is 9.90 Å². The summed E-state index contributed by atoms with van der Waals surface area (Å²) in [6.07, 6.45) is 2.50. The molecule has 0 bridgehead atoms. The number of nitrogens with one attached hydrogen (secondary N) is 1. The summed E-state index contributed by atoms with van der Waals surface area (Å²) in [5, 5.41) is 12.7. The highest BCUT2D eigenvalue weighted by atomic mass is 35.5. The standard InChI is InChI=1S/C12H14Cl2N2O3/c13-9-5-8(6-15-10(9)14)11(18)16-12(7-17)1-3-19-4-2-12/h5-6,17H,1-4,7H2,(H,16,18). The van der Waals surface area contributed by atoms with Gasteiger partial charge in [0.05, 0.1) is 22.7 Å². The van der Waals surface area contributed by atoms with E-state index in [4.69, 9.17) is 27.9 Å². The third-order valence-electron chi connectivity index (χ3n) is 3.19. The van der Waals surface area contributed by atoms with Gasteiger partial charge in [-0.1, -0.05) is 23.2 Å². The molecule has 5 nitrogen and oxygen atoms in total. The minimum absolute atomic E-state index is 0.128. The van der Waals surface area contributed by atoms with E-state index in [-0.39, 0.29) is 22.7 Å². The highest BCUT2D eigenvalue weighted by molar-refractivity contribution is 6.41. The SMILES string of the molecule is O=C(NC1(CO)CCOCC1)c1cnc(Cl)c(Cl)c1. The van der Waals surface area contributed by atoms with Crippen molar-refractivity contribution in [1.29, 1.82) is 0 Å². The molecule has 2 heterocycles. The Bertz CT molecular complexity index is 476. The molecule has 19 heavy (non-hydrogen) atoms. The van der Waals surface area contributed by atoms with Gasteiger partial charge >= 0.3 is 0 Å². The third-order valence-corrected chi connectivity index (χ3v) is 3.88. The summed E-state index contributed by atoms with van der Waals surface area (Å²) in [6.45, 7) is 0.901. The van der Waals surface area contributed by atoms with Crippen molar-refractivity contribution < 1.29 is 14.6 Å². The lowest BCUT2D eigenvalue weighted by Gasteiger charge is -2.36. The van der Waals surface area contributed by atoms with Crippen LogP contribution in [-0.2, 0) is 4.74 Å². The number of amides is 1. The van der Waals surface area contributed by atoms with Crippen LogP contribution < -0.4 is 5.32 Å². The molecule has 0 spiro atoms. The molecule has 1 aliphatic rings. The molecule has 1 aromatic heterocycles. The Kier molecular flexibility index (Phi) is 4.62. The molecule has 1 saturated heterocycles. The fraction of sp³-hybridized carbons (Fsp3) is 0.500. The normalized spacial score (nSPS) is 18.1. The summed E-state index contributed by atoms with van der Waals surface area (Å²) in [4.78, 5) is 16.0. The minimum Gasteiger partial charge on any atom is -0.394 e. The first-order valence-electron chi connectivity index (χ1n) is 5.88. The Hall–Kier alpha value is -0.880. The summed E-state index contributed by atoms with van der Waals surface area (Å²) in [6, 6.07) is 1.45. The highest BCUT2D eigenvalue weighted by Gasteiger charge is 2.33. The fourth-order valence-corrected chi connectivity index (χ4v) is 2.21. The number of hydrogen-bond acceptors (Lipinski definition) is 4. The number of aromatic nitrogens is 1. The van der Waals surface area contributed by atoms with E-state index in [2.05, 4.69) is 10.3 Å². The van der Waals surface area contributed by atoms with Gasteiger partial charge in [-0.15, -0.1) is 0 Å². The van der Waals surface area contributed by atoms with E-state index in [0.717, 1.165) is 0 Å². The molecule has 1 amide bonds. The van der Waals surface area contributed by atoms with Gasteiger partial charge < -0.3 is 15.2 Å². The van der Waals surface area contributed by atoms with Crippen molar-refractivity contribution in [3.63, 3.8) is 0 Å². The van der Waals surface area contributed by atoms with E-state index in [1.54, 1.807) is 0 Å². The van der Waals surface area contributed by atoms with Crippen LogP contribution >= 0.6 is 23.2 Å². The first-order chi connectivity index (χ1) is 9.06. The molecule has 7 heteroatoms. The molecule has 0 saturated carbocycles. The summed E-state index contributed by atoms with van der Waals surface area (Å²) >= 11 is 11.5. The molecular formula is C12H14Cl2N2O3. The molecule has 0 unspecified atom stereocenters. The molecule has 2 rings (SSSR count). The number of halogens is 2. The van der Waals surface area contributed by atoms with Crippen LogP contribution in [0.1, 0.15) is 23.2 Å². The van der Waals surface area contributed by atoms with E-state index in [1.807, 2.05) is 0 Å². The van der Waals surface area contributed by atoms with Gasteiger partial charge in [-0.2, -0.15) is 0 Å². The van der Waals surface area contributed by atoms with Crippen LogP contribution in [0.5, 0.6) is 0 Å². The van der Waals surface area contributed by atoms with Crippen LogP contribution in [0.2, 0.25) is 10.2 Å². The maximum atomic E-state index is 12.1. The van der Waals surface area contributed by atoms with Crippen LogP contribution in [0, 0.1) is 0 Å². The second-order valence-electron chi connectivity index (χ2n) is 4.50. The molecule has 1 fully saturated rings. The molecule has 0 aromatic carbocycles. The number of aliphatic hydroxyl groups is 1. The Morgan fingerprint density at radius 1 is 1.47 bits per heavy atom. The van der Waals surface area contributed by atoms with Gasteiger partial charge in [0, 0.05) is 19.4 Å². The lowest BCUT2D eigenvalue weighted by atomic mass is 9.90. The minimum atomic E-state index is -0.637. The number of hydrogen-bond donors (Lipinski definition) is 2. The number of rotatable bonds is 3. The third kappa shape index (κ3) is 3.36. The van der Waals surface area contributed by atoms with E-state index >= 15 is 0 Å². The predicted molar refractivity (Wildman–Crippen MR) is 71.6 cm³/mol. The number of carbonyl (C=O) groups excluding carboxylic acids is 1. The zero-order chi connectivity index (χ0) is 13.9. The van der Waals surface area contributed by atoms with Gasteiger partial charge in [0.1, 0.15) is 5.15 Å². The topological polar surface area (TPSA) is 71.5 Å². The Morgan fingerprint density at radius 3 is 2.74 bits per heavy atom. The zero-order valence-corrected chi connectivity index (χ0v) is 11.7. The van der Waals surface area contributed by atoms with E-state index in [0.29, 0.717) is 31.6 Å². The highest BCUT2D eigenvalue weighted by Crippen LogP contribution is 2.23. The van der Waals surface area contributed by atoms with Crippen LogP contribution in [0.4, 0.5) is 0 Å². The Morgan fingerprint density at radius 2 is 2.16 bits per heavy atom. The van der Waals surface area contributed by atoms with Crippen LogP contribution in [0.15, 0.2) is 12.3 Å². The average molecular weight is 305 g/mol. The van der Waals surface area contributed by atoms with Gasteiger partial charge in [-0.05, 0) is 18.9 Å². The van der Waals surface area contributed by atoms with Gasteiger partial charge in [0.2, 0.25) is 0 Å². The van der Waals surface area contributed by atoms with Gasteiger partial charge in [-0.3, -0.25) is 4.79 Å². The van der Waals surface area contributed by atoms with Crippen LogP contribution in [-0.4, -0.2) is 41.4 Å². The predicted octanol–water partition coefficient (Wildman–Crippen LogP) is 1.66. The van der Waals surface area contributed by atoms with Gasteiger partial charge in [-0.25, -0.2) is 4.98 Å². The van der Waals surface area contributed by atoms with Crippen molar-refractivity contribution in [2.75, 3.05) is 19.8 Å². The van der Waals surface area contributed by atoms with Crippen LogP contribution in [0.3, 0.4) is 0 Å². The summed E-state index contributed by atoms with van der Waals surface area (Å²) in [5.41, 5.74) is -0.324. The fourth-order valence-electron chi connectivity index (χ4n) is 1.94. The Labute approximate surface area is 120 Å². The van der Waals surface area contributed by atoms with Gasteiger partial charge in [0.15, 0.2) is 0 Å². The van der Waals surface area contributed by atoms with Crippen molar-refractivity contribution in [3.8, 4) is 0 Å². The molecule has 104 valence electrons. The lowest BCUT2D eigenvalue weighted by molar-refractivity contribution is 0.0125. The Balaban J connectivity index is 2.12. The summed E-state index contributed by atoms with van der Waals surface area (Å²) in [5.74, 6) is -0.331. The number of pyridine rings is 1. The van der Waals surface area contributed by atoms with Crippen molar-refractivity contribution in [2.45, 2.75) is 18.4 Å². The quantitative estimate of drug-likeness (QED) is 0.833. The largest absolute Gasteiger partial charge is 0.394 e. The number of ether oxygens (including phenoxy) is 1. The second kappa shape index (κ2) is 6.05. The van der Waals surface area contributed by atoms with Gasteiger partial charge in [0.25, 0.3) is 5.91 Å². The first-order valence-corrected chi connectivity index (χ1v) is 6.64.